The molecule has 1 saturated heterocycles. The zero-order valence-corrected chi connectivity index (χ0v) is 13.1. The van der Waals surface area contributed by atoms with E-state index in [0.29, 0.717) is 13.1 Å². The second-order valence-corrected chi connectivity index (χ2v) is 5.76. The first-order valence-corrected chi connectivity index (χ1v) is 7.77. The molecular weight excluding hydrogens is 308 g/mol. The van der Waals surface area contributed by atoms with Crippen LogP contribution >= 0.6 is 0 Å². The fourth-order valence-electron chi connectivity index (χ4n) is 2.51. The van der Waals surface area contributed by atoms with Crippen LogP contribution in [0.25, 0.3) is 0 Å². The number of benzene rings is 1. The largest absolute Gasteiger partial charge is 0.460 e. The summed E-state index contributed by atoms with van der Waals surface area (Å²) in [5.41, 5.74) is 0.715. The Morgan fingerprint density at radius 1 is 1.04 bits per heavy atom. The van der Waals surface area contributed by atoms with Gasteiger partial charge in [0.25, 0.3) is 5.56 Å². The highest BCUT2D eigenvalue weighted by Crippen LogP contribution is 2.18. The Bertz CT molecular complexity index is 779. The Morgan fingerprint density at radius 2 is 1.75 bits per heavy atom. The molecule has 1 amide bonds. The Kier molecular flexibility index (Phi) is 4.74. The van der Waals surface area contributed by atoms with Gasteiger partial charge in [-0.1, -0.05) is 36.4 Å². The number of hydrogen-bond donors (Lipinski definition) is 0. The van der Waals surface area contributed by atoms with Crippen molar-refractivity contribution < 1.29 is 14.3 Å². The molecule has 1 aliphatic heterocycles. The van der Waals surface area contributed by atoms with E-state index in [1.807, 2.05) is 30.3 Å². The summed E-state index contributed by atoms with van der Waals surface area (Å²) in [4.78, 5) is 37.2. The van der Waals surface area contributed by atoms with Gasteiger partial charge in [-0.2, -0.15) is 0 Å². The van der Waals surface area contributed by atoms with Gasteiger partial charge >= 0.3 is 5.97 Å². The minimum absolute atomic E-state index is 0.00848. The number of likely N-dealkylation sites (tertiary alicyclic amines) is 1. The predicted molar refractivity (Wildman–Crippen MR) is 87.0 cm³/mol. The van der Waals surface area contributed by atoms with Gasteiger partial charge < -0.3 is 14.2 Å². The molecule has 0 N–H and O–H groups in total. The summed E-state index contributed by atoms with van der Waals surface area (Å²) in [6, 6.07) is 14.2. The van der Waals surface area contributed by atoms with Gasteiger partial charge in [-0.25, -0.2) is 0 Å². The molecular formula is C18H18N2O4. The lowest BCUT2D eigenvalue weighted by molar-refractivity contribution is -0.159. The van der Waals surface area contributed by atoms with Crippen LogP contribution < -0.4 is 5.56 Å². The number of amides is 1. The van der Waals surface area contributed by atoms with E-state index < -0.39 is 0 Å². The summed E-state index contributed by atoms with van der Waals surface area (Å²) in [7, 11) is 0. The Labute approximate surface area is 139 Å². The van der Waals surface area contributed by atoms with Gasteiger partial charge in [0, 0.05) is 25.4 Å². The molecule has 0 spiro atoms. The van der Waals surface area contributed by atoms with Crippen molar-refractivity contribution in [3.63, 3.8) is 0 Å². The van der Waals surface area contributed by atoms with Gasteiger partial charge in [0.15, 0.2) is 0 Å². The minimum atomic E-state index is -0.292. The fourth-order valence-corrected chi connectivity index (χ4v) is 2.51. The SMILES string of the molecule is O=C(OCc1ccccc1)C1CN(C(=O)Cn2ccccc2=O)C1. The van der Waals surface area contributed by atoms with E-state index in [9.17, 15) is 14.4 Å². The molecule has 0 aliphatic carbocycles. The molecule has 0 radical (unpaired) electrons. The molecule has 3 rings (SSSR count). The van der Waals surface area contributed by atoms with Crippen molar-refractivity contribution in [1.29, 1.82) is 0 Å². The van der Waals surface area contributed by atoms with Crippen molar-refractivity contribution >= 4 is 11.9 Å². The molecule has 1 fully saturated rings. The summed E-state index contributed by atoms with van der Waals surface area (Å²) in [5.74, 6) is -0.750. The van der Waals surface area contributed by atoms with Gasteiger partial charge in [-0.05, 0) is 11.6 Å². The Morgan fingerprint density at radius 3 is 2.46 bits per heavy atom. The van der Waals surface area contributed by atoms with Crippen LogP contribution in [0.2, 0.25) is 0 Å². The van der Waals surface area contributed by atoms with E-state index in [1.54, 1.807) is 23.2 Å². The van der Waals surface area contributed by atoms with Crippen molar-refractivity contribution in [2.45, 2.75) is 13.2 Å². The van der Waals surface area contributed by atoms with Crippen molar-refractivity contribution in [3.8, 4) is 0 Å². The second-order valence-electron chi connectivity index (χ2n) is 5.76. The maximum Gasteiger partial charge on any atom is 0.312 e. The van der Waals surface area contributed by atoms with Crippen molar-refractivity contribution in [3.05, 3.63) is 70.6 Å². The van der Waals surface area contributed by atoms with Gasteiger partial charge in [0.2, 0.25) is 5.91 Å². The van der Waals surface area contributed by atoms with Crippen LogP contribution in [0.5, 0.6) is 0 Å². The second kappa shape index (κ2) is 7.12. The molecule has 24 heavy (non-hydrogen) atoms. The van der Waals surface area contributed by atoms with Crippen LogP contribution in [0.3, 0.4) is 0 Å². The number of carbonyl (C=O) groups is 2. The van der Waals surface area contributed by atoms with E-state index in [1.165, 1.54) is 10.6 Å². The summed E-state index contributed by atoms with van der Waals surface area (Å²) < 4.78 is 6.62. The fraction of sp³-hybridized carbons (Fsp3) is 0.278. The predicted octanol–water partition coefficient (Wildman–Crippen LogP) is 1.05. The lowest BCUT2D eigenvalue weighted by Crippen LogP contribution is -2.54. The molecule has 0 saturated carbocycles. The highest BCUT2D eigenvalue weighted by atomic mass is 16.5. The third-order valence-electron chi connectivity index (χ3n) is 4.00. The van der Waals surface area contributed by atoms with E-state index in [0.717, 1.165) is 5.56 Å². The highest BCUT2D eigenvalue weighted by Gasteiger charge is 2.36. The number of pyridine rings is 1. The van der Waals surface area contributed by atoms with Gasteiger partial charge in [0.1, 0.15) is 13.2 Å². The van der Waals surface area contributed by atoms with E-state index in [-0.39, 0.29) is 36.5 Å². The maximum absolute atomic E-state index is 12.1. The zero-order valence-electron chi connectivity index (χ0n) is 13.1. The van der Waals surface area contributed by atoms with Gasteiger partial charge in [0.05, 0.1) is 5.92 Å². The van der Waals surface area contributed by atoms with Crippen LogP contribution in [-0.2, 0) is 27.5 Å². The first kappa shape index (κ1) is 16.0. The molecule has 2 aromatic rings. The minimum Gasteiger partial charge on any atom is -0.460 e. The maximum atomic E-state index is 12.1. The molecule has 2 heterocycles. The molecule has 0 bridgehead atoms. The standard InChI is InChI=1S/C18H18N2O4/c21-16-8-4-5-9-19(16)12-17(22)20-10-15(11-20)18(23)24-13-14-6-2-1-3-7-14/h1-9,15H,10-13H2. The quantitative estimate of drug-likeness (QED) is 0.770. The first-order chi connectivity index (χ1) is 11.6. The molecule has 1 aromatic heterocycles. The third kappa shape index (κ3) is 3.71. The van der Waals surface area contributed by atoms with Crippen LogP contribution in [0.1, 0.15) is 5.56 Å². The topological polar surface area (TPSA) is 68.6 Å². The monoisotopic (exact) mass is 326 g/mol. The number of hydrogen-bond acceptors (Lipinski definition) is 4. The smallest absolute Gasteiger partial charge is 0.312 e. The van der Waals surface area contributed by atoms with Gasteiger partial charge in [-0.15, -0.1) is 0 Å². The van der Waals surface area contributed by atoms with Crippen molar-refractivity contribution in [2.75, 3.05) is 13.1 Å². The molecule has 1 aromatic carbocycles. The van der Waals surface area contributed by atoms with E-state index >= 15 is 0 Å². The molecule has 124 valence electrons. The number of ether oxygens (including phenoxy) is 1. The molecule has 6 nitrogen and oxygen atoms in total. The van der Waals surface area contributed by atoms with Crippen LogP contribution in [0.4, 0.5) is 0 Å². The summed E-state index contributed by atoms with van der Waals surface area (Å²) in [6.07, 6.45) is 1.58. The zero-order chi connectivity index (χ0) is 16.9. The van der Waals surface area contributed by atoms with Crippen LogP contribution in [0, 0.1) is 5.92 Å². The highest BCUT2D eigenvalue weighted by molar-refractivity contribution is 5.81. The number of rotatable bonds is 5. The number of aromatic nitrogens is 1. The average molecular weight is 326 g/mol. The number of esters is 1. The molecule has 1 aliphatic rings. The van der Waals surface area contributed by atoms with Crippen molar-refractivity contribution in [1.82, 2.24) is 9.47 Å². The Hall–Kier alpha value is -2.89. The molecule has 6 heteroatoms. The molecule has 0 atom stereocenters. The Balaban J connectivity index is 1.45. The summed E-state index contributed by atoms with van der Waals surface area (Å²) in [5, 5.41) is 0. The van der Waals surface area contributed by atoms with Crippen molar-refractivity contribution in [2.24, 2.45) is 5.92 Å². The molecule has 0 unspecified atom stereocenters. The lowest BCUT2D eigenvalue weighted by atomic mass is 10.0. The summed E-state index contributed by atoms with van der Waals surface area (Å²) >= 11 is 0. The van der Waals surface area contributed by atoms with Gasteiger partial charge in [-0.3, -0.25) is 14.4 Å². The lowest BCUT2D eigenvalue weighted by Gasteiger charge is -2.37. The van der Waals surface area contributed by atoms with E-state index in [2.05, 4.69) is 0 Å². The van der Waals surface area contributed by atoms with E-state index in [4.69, 9.17) is 4.74 Å². The number of carbonyl (C=O) groups excluding carboxylic acids is 2. The normalized spacial score (nSPS) is 14.1. The summed E-state index contributed by atoms with van der Waals surface area (Å²) in [6.45, 7) is 0.914. The average Bonchev–Trinajstić information content (AvgIpc) is 2.55. The number of nitrogens with zero attached hydrogens (tertiary/aromatic N) is 2. The third-order valence-corrected chi connectivity index (χ3v) is 4.00. The van der Waals surface area contributed by atoms with Crippen LogP contribution in [0.15, 0.2) is 59.5 Å². The first-order valence-electron chi connectivity index (χ1n) is 7.77. The van der Waals surface area contributed by atoms with Crippen LogP contribution in [-0.4, -0.2) is 34.4 Å².